The molecule has 0 aliphatic carbocycles. The van der Waals surface area contributed by atoms with Crippen LogP contribution < -0.4 is 19.9 Å². The molecule has 3 aliphatic rings. The van der Waals surface area contributed by atoms with E-state index < -0.39 is 23.6 Å². The number of alkyl halides is 3. The van der Waals surface area contributed by atoms with Gasteiger partial charge in [0.1, 0.15) is 18.5 Å². The topological polar surface area (TPSA) is 102 Å². The fourth-order valence-corrected chi connectivity index (χ4v) is 5.15. The molecule has 3 aromatic rings. The number of carbonyl (C=O) groups is 1. The number of hydrogen-bond donors (Lipinski definition) is 1. The van der Waals surface area contributed by atoms with Crippen molar-refractivity contribution in [2.45, 2.75) is 44.4 Å². The van der Waals surface area contributed by atoms with E-state index in [1.165, 1.54) is 12.3 Å². The normalized spacial score (nSPS) is 21.3. The van der Waals surface area contributed by atoms with Crippen molar-refractivity contribution in [3.8, 4) is 17.3 Å². The van der Waals surface area contributed by atoms with E-state index in [-0.39, 0.29) is 30.6 Å². The van der Waals surface area contributed by atoms with Gasteiger partial charge in [-0.15, -0.1) is 0 Å². The number of fused-ring (bicyclic) bond motifs is 4. The second-order valence-electron chi connectivity index (χ2n) is 10.3. The molecule has 0 saturated carbocycles. The molecule has 1 aromatic carbocycles. The molecule has 3 aliphatic heterocycles. The molecule has 2 aromatic heterocycles. The summed E-state index contributed by atoms with van der Waals surface area (Å²) < 4.78 is 56.8. The van der Waals surface area contributed by atoms with Gasteiger partial charge in [0, 0.05) is 24.8 Å². The Bertz CT molecular complexity index is 1440. The first-order valence-corrected chi connectivity index (χ1v) is 12.9. The van der Waals surface area contributed by atoms with Crippen LogP contribution in [0.15, 0.2) is 48.7 Å². The van der Waals surface area contributed by atoms with Crippen molar-refractivity contribution in [3.05, 3.63) is 54.2 Å². The van der Waals surface area contributed by atoms with Crippen LogP contribution in [-0.2, 0) is 15.7 Å². The Hall–Kier alpha value is -3.97. The molecule has 2 saturated heterocycles. The molecule has 6 rings (SSSR count). The van der Waals surface area contributed by atoms with E-state index in [1.807, 2.05) is 13.8 Å². The molecule has 1 N–H and O–H groups in total. The Morgan fingerprint density at radius 1 is 1.20 bits per heavy atom. The number of benzene rings is 1. The number of nitrogens with one attached hydrogen (secondary N) is 1. The number of ether oxygens (including phenoxy) is 3. The summed E-state index contributed by atoms with van der Waals surface area (Å²) in [5.74, 6) is -0.0667. The first-order chi connectivity index (χ1) is 19.1. The van der Waals surface area contributed by atoms with Crippen molar-refractivity contribution < 1.29 is 32.2 Å². The van der Waals surface area contributed by atoms with Gasteiger partial charge < -0.3 is 19.1 Å². The zero-order valence-corrected chi connectivity index (χ0v) is 21.8. The largest absolute Gasteiger partial charge is 0.461 e. The summed E-state index contributed by atoms with van der Waals surface area (Å²) in [4.78, 5) is 30.3. The molecular weight excluding hydrogens is 529 g/mol. The lowest BCUT2D eigenvalue weighted by atomic mass is 10.1. The maximum Gasteiger partial charge on any atom is 0.416 e. The smallest absolute Gasteiger partial charge is 0.416 e. The molecule has 2 atom stereocenters. The summed E-state index contributed by atoms with van der Waals surface area (Å²) in [5, 5.41) is 2.80. The number of anilines is 3. The van der Waals surface area contributed by atoms with Gasteiger partial charge in [0.2, 0.25) is 0 Å². The number of nitrogens with zero attached hydrogens (tertiary/aromatic N) is 5. The molecular formula is C27H27F3N6O4. The van der Waals surface area contributed by atoms with Crippen LogP contribution in [0, 0.1) is 0 Å². The van der Waals surface area contributed by atoms with Crippen LogP contribution in [0.25, 0.3) is 11.3 Å². The number of amides is 2. The third-order valence-corrected chi connectivity index (χ3v) is 6.99. The Morgan fingerprint density at radius 2 is 2.05 bits per heavy atom. The highest BCUT2D eigenvalue weighted by atomic mass is 19.4. The average Bonchev–Trinajstić information content (AvgIpc) is 3.50. The van der Waals surface area contributed by atoms with Crippen LogP contribution in [0.5, 0.6) is 6.01 Å². The van der Waals surface area contributed by atoms with E-state index in [1.54, 1.807) is 29.2 Å². The Balaban J connectivity index is 1.22. The molecule has 2 fully saturated rings. The maximum atomic E-state index is 13.6. The number of aromatic nitrogens is 3. The predicted octanol–water partition coefficient (Wildman–Crippen LogP) is 4.72. The number of urea groups is 1. The third-order valence-electron chi connectivity index (χ3n) is 6.99. The summed E-state index contributed by atoms with van der Waals surface area (Å²) in [6, 6.07) is 9.47. The second kappa shape index (κ2) is 9.89. The predicted molar refractivity (Wildman–Crippen MR) is 139 cm³/mol. The molecule has 210 valence electrons. The number of halogens is 3. The lowest BCUT2D eigenvalue weighted by Crippen LogP contribution is -2.48. The van der Waals surface area contributed by atoms with Gasteiger partial charge >= 0.3 is 18.2 Å². The van der Waals surface area contributed by atoms with Crippen LogP contribution in [0.2, 0.25) is 0 Å². The molecule has 2 bridgehead atoms. The third kappa shape index (κ3) is 5.26. The van der Waals surface area contributed by atoms with E-state index in [4.69, 9.17) is 14.2 Å². The zero-order chi connectivity index (χ0) is 28.1. The van der Waals surface area contributed by atoms with Crippen LogP contribution >= 0.6 is 0 Å². The highest BCUT2D eigenvalue weighted by Crippen LogP contribution is 2.41. The van der Waals surface area contributed by atoms with Crippen molar-refractivity contribution >= 4 is 23.4 Å². The van der Waals surface area contributed by atoms with Gasteiger partial charge in [0.15, 0.2) is 11.6 Å². The quantitative estimate of drug-likeness (QED) is 0.482. The van der Waals surface area contributed by atoms with Crippen molar-refractivity contribution in [1.82, 2.24) is 15.0 Å². The number of pyridine rings is 1. The van der Waals surface area contributed by atoms with Crippen LogP contribution in [0.4, 0.5) is 35.3 Å². The average molecular weight is 557 g/mol. The first kappa shape index (κ1) is 26.3. The number of rotatable bonds is 5. The van der Waals surface area contributed by atoms with E-state index in [0.29, 0.717) is 30.2 Å². The maximum absolute atomic E-state index is 13.6. The van der Waals surface area contributed by atoms with Crippen molar-refractivity contribution in [1.29, 1.82) is 0 Å². The zero-order valence-electron chi connectivity index (χ0n) is 21.8. The lowest BCUT2D eigenvalue weighted by molar-refractivity contribution is -0.141. The summed E-state index contributed by atoms with van der Waals surface area (Å²) in [6.07, 6.45) is -2.56. The standard InChI is InChI=1S/C27H27F3N6O4/c1-26(2)39-15-19(40-26)14-38-24-31-10-8-22(33-24)34-25(37)36-18-9-11-35(13-18)21-7-6-20(32-23(21)36)16-4-3-5-17(12-16)27(28,29)30/h3-8,10,12,18-19H,9,11,13-15H2,1-2H3,(H,31,33,34,37)/t18-,19-/m0/s1. The van der Waals surface area contributed by atoms with E-state index in [0.717, 1.165) is 30.8 Å². The minimum atomic E-state index is -4.48. The van der Waals surface area contributed by atoms with Crippen molar-refractivity contribution in [2.24, 2.45) is 0 Å². The first-order valence-electron chi connectivity index (χ1n) is 12.9. The van der Waals surface area contributed by atoms with Gasteiger partial charge in [-0.05, 0) is 50.6 Å². The SMILES string of the molecule is CC1(C)OC[C@H](COc2nccc(NC(=O)N3c4nc(-c5cccc(C(F)(F)F)c5)ccc4N4CC[C@H]3C4)n2)O1. The Kier molecular flexibility index (Phi) is 6.50. The van der Waals surface area contributed by atoms with E-state index in [2.05, 4.69) is 25.2 Å². The lowest BCUT2D eigenvalue weighted by Gasteiger charge is -2.35. The Labute approximate surface area is 228 Å². The molecule has 40 heavy (non-hydrogen) atoms. The minimum Gasteiger partial charge on any atom is -0.461 e. The van der Waals surface area contributed by atoms with Crippen molar-refractivity contribution in [2.75, 3.05) is 41.4 Å². The molecule has 0 radical (unpaired) electrons. The summed E-state index contributed by atoms with van der Waals surface area (Å²) in [7, 11) is 0. The van der Waals surface area contributed by atoms with Gasteiger partial charge in [0.05, 0.1) is 29.6 Å². The van der Waals surface area contributed by atoms with Gasteiger partial charge in [-0.25, -0.2) is 14.8 Å². The highest BCUT2D eigenvalue weighted by Gasteiger charge is 2.41. The monoisotopic (exact) mass is 556 g/mol. The summed E-state index contributed by atoms with van der Waals surface area (Å²) in [6.45, 7) is 5.56. The molecule has 5 heterocycles. The van der Waals surface area contributed by atoms with Gasteiger partial charge in [-0.2, -0.15) is 18.2 Å². The van der Waals surface area contributed by atoms with Crippen LogP contribution in [0.1, 0.15) is 25.8 Å². The van der Waals surface area contributed by atoms with Crippen molar-refractivity contribution in [3.63, 3.8) is 0 Å². The summed E-state index contributed by atoms with van der Waals surface area (Å²) in [5.41, 5.74) is 0.626. The van der Waals surface area contributed by atoms with E-state index in [9.17, 15) is 18.0 Å². The number of hydrogen-bond acceptors (Lipinski definition) is 8. The van der Waals surface area contributed by atoms with Gasteiger partial charge in [-0.3, -0.25) is 10.2 Å². The van der Waals surface area contributed by atoms with Gasteiger partial charge in [-0.1, -0.05) is 12.1 Å². The fourth-order valence-electron chi connectivity index (χ4n) is 5.15. The fraction of sp³-hybridized carbons (Fsp3) is 0.407. The van der Waals surface area contributed by atoms with E-state index >= 15 is 0 Å². The molecule has 2 amide bonds. The molecule has 10 nitrogen and oxygen atoms in total. The molecule has 13 heteroatoms. The Morgan fingerprint density at radius 3 is 2.83 bits per heavy atom. The van der Waals surface area contributed by atoms with Gasteiger partial charge in [0.25, 0.3) is 0 Å². The minimum absolute atomic E-state index is 0.0714. The second-order valence-corrected chi connectivity index (χ2v) is 10.3. The van der Waals surface area contributed by atoms with Crippen LogP contribution in [0.3, 0.4) is 0 Å². The molecule has 0 unspecified atom stereocenters. The highest BCUT2D eigenvalue weighted by molar-refractivity contribution is 6.04. The number of carbonyl (C=O) groups excluding carboxylic acids is 1. The molecule has 0 spiro atoms. The summed E-state index contributed by atoms with van der Waals surface area (Å²) >= 11 is 0. The van der Waals surface area contributed by atoms with Crippen LogP contribution in [-0.4, -0.2) is 65.2 Å².